The lowest BCUT2D eigenvalue weighted by molar-refractivity contribution is 0.206. The van der Waals surface area contributed by atoms with Crippen LogP contribution in [-0.2, 0) is 6.54 Å². The maximum atomic E-state index is 6.03. The van der Waals surface area contributed by atoms with Gasteiger partial charge in [-0.2, -0.15) is 0 Å². The zero-order valence-electron chi connectivity index (χ0n) is 10.4. The van der Waals surface area contributed by atoms with Gasteiger partial charge in [0, 0.05) is 21.9 Å². The molecule has 1 heterocycles. The molecule has 1 nitrogen and oxygen atoms in total. The van der Waals surface area contributed by atoms with Crippen LogP contribution in [0, 0.1) is 5.41 Å². The van der Waals surface area contributed by atoms with Crippen LogP contribution in [0.15, 0.2) is 10.5 Å². The van der Waals surface area contributed by atoms with Crippen molar-refractivity contribution in [2.75, 3.05) is 0 Å². The molecule has 0 radical (unpaired) electrons. The minimum Gasteiger partial charge on any atom is -0.309 e. The Labute approximate surface area is 121 Å². The van der Waals surface area contributed by atoms with Crippen molar-refractivity contribution in [1.29, 1.82) is 0 Å². The molecule has 0 aromatic carbocycles. The average Bonchev–Trinajstić information content (AvgIpc) is 2.57. The maximum Gasteiger partial charge on any atom is 0.107 e. The molecular weight excluding hydrogens is 318 g/mol. The summed E-state index contributed by atoms with van der Waals surface area (Å²) in [6.45, 7) is 5.69. The highest BCUT2D eigenvalue weighted by atomic mass is 79.9. The Kier molecular flexibility index (Phi) is 4.56. The summed E-state index contributed by atoms with van der Waals surface area (Å²) in [5.74, 6) is 0. The van der Waals surface area contributed by atoms with Crippen molar-refractivity contribution in [3.63, 3.8) is 0 Å². The number of hydrogen-bond acceptors (Lipinski definition) is 2. The van der Waals surface area contributed by atoms with Crippen LogP contribution in [0.5, 0.6) is 0 Å². The second-order valence-corrected chi connectivity index (χ2v) is 8.25. The predicted molar refractivity (Wildman–Crippen MR) is 79.9 cm³/mol. The third-order valence-electron chi connectivity index (χ3n) is 3.60. The summed E-state index contributed by atoms with van der Waals surface area (Å²) in [6.07, 6.45) is 5.26. The molecule has 0 amide bonds. The summed E-state index contributed by atoms with van der Waals surface area (Å²) in [5, 5.41) is 3.65. The lowest BCUT2D eigenvalue weighted by Crippen LogP contribution is -2.34. The molecule has 1 aromatic rings. The van der Waals surface area contributed by atoms with Crippen LogP contribution in [0.2, 0.25) is 4.34 Å². The van der Waals surface area contributed by atoms with Gasteiger partial charge in [0.1, 0.15) is 4.34 Å². The first-order valence-corrected chi connectivity index (χ1v) is 8.12. The van der Waals surface area contributed by atoms with Gasteiger partial charge in [0.05, 0.1) is 0 Å². The van der Waals surface area contributed by atoms with E-state index in [2.05, 4.69) is 41.2 Å². The van der Waals surface area contributed by atoms with E-state index in [1.54, 1.807) is 11.3 Å². The molecule has 1 fully saturated rings. The highest BCUT2D eigenvalue weighted by Gasteiger charge is 2.26. The van der Waals surface area contributed by atoms with Crippen LogP contribution in [0.1, 0.15) is 44.4 Å². The first kappa shape index (κ1) is 13.9. The third-order valence-corrected chi connectivity index (χ3v) is 6.08. The van der Waals surface area contributed by atoms with Crippen LogP contribution >= 0.6 is 38.9 Å². The Bertz CT molecular complexity index is 359. The van der Waals surface area contributed by atoms with Gasteiger partial charge in [-0.1, -0.05) is 25.4 Å². The number of nitrogens with one attached hydrogen (secondary N) is 1. The molecule has 1 saturated carbocycles. The van der Waals surface area contributed by atoms with Gasteiger partial charge in [-0.15, -0.1) is 11.3 Å². The van der Waals surface area contributed by atoms with E-state index in [-0.39, 0.29) is 0 Å². The van der Waals surface area contributed by atoms with E-state index in [9.17, 15) is 0 Å². The van der Waals surface area contributed by atoms with E-state index in [1.165, 1.54) is 30.6 Å². The van der Waals surface area contributed by atoms with Gasteiger partial charge in [0.15, 0.2) is 0 Å². The summed E-state index contributed by atoms with van der Waals surface area (Å²) in [4.78, 5) is 1.31. The molecule has 0 unspecified atom stereocenters. The molecule has 1 aliphatic rings. The van der Waals surface area contributed by atoms with Gasteiger partial charge >= 0.3 is 0 Å². The molecule has 96 valence electrons. The van der Waals surface area contributed by atoms with Gasteiger partial charge in [0.25, 0.3) is 0 Å². The van der Waals surface area contributed by atoms with Crippen molar-refractivity contribution < 1.29 is 0 Å². The first-order valence-electron chi connectivity index (χ1n) is 6.13. The van der Waals surface area contributed by atoms with E-state index < -0.39 is 0 Å². The number of hydrogen-bond donors (Lipinski definition) is 1. The normalized spacial score (nSPS) is 20.7. The Morgan fingerprint density at radius 1 is 1.47 bits per heavy atom. The molecule has 1 N–H and O–H groups in total. The van der Waals surface area contributed by atoms with Gasteiger partial charge in [-0.05, 0) is 53.1 Å². The van der Waals surface area contributed by atoms with Crippen molar-refractivity contribution in [3.05, 3.63) is 19.8 Å². The van der Waals surface area contributed by atoms with Crippen molar-refractivity contribution in [1.82, 2.24) is 5.32 Å². The largest absolute Gasteiger partial charge is 0.309 e. The van der Waals surface area contributed by atoms with Crippen molar-refractivity contribution >= 4 is 38.9 Å². The fourth-order valence-electron chi connectivity index (χ4n) is 2.33. The summed E-state index contributed by atoms with van der Waals surface area (Å²) in [7, 11) is 0. The minimum atomic E-state index is 0.549. The molecule has 0 bridgehead atoms. The smallest absolute Gasteiger partial charge is 0.107 e. The summed E-state index contributed by atoms with van der Waals surface area (Å²) in [6, 6.07) is 2.80. The van der Waals surface area contributed by atoms with E-state index in [0.29, 0.717) is 11.5 Å². The summed E-state index contributed by atoms with van der Waals surface area (Å²) >= 11 is 11.1. The minimum absolute atomic E-state index is 0.549. The fourth-order valence-corrected chi connectivity index (χ4v) is 4.07. The van der Waals surface area contributed by atoms with E-state index >= 15 is 0 Å². The Morgan fingerprint density at radius 2 is 2.12 bits per heavy atom. The van der Waals surface area contributed by atoms with Crippen LogP contribution < -0.4 is 5.32 Å². The molecule has 0 spiro atoms. The molecule has 1 aromatic heterocycles. The standard InChI is InChI=1S/C13H19BrClNS/c1-13(2)5-3-9(4-6-13)16-8-10-7-11(14)12(15)17-10/h7,9,16H,3-6,8H2,1-2H3. The maximum absolute atomic E-state index is 6.03. The quantitative estimate of drug-likeness (QED) is 0.797. The second kappa shape index (κ2) is 5.60. The van der Waals surface area contributed by atoms with Gasteiger partial charge in [0.2, 0.25) is 0 Å². The number of halogens is 2. The lowest BCUT2D eigenvalue weighted by Gasteiger charge is -2.34. The summed E-state index contributed by atoms with van der Waals surface area (Å²) in [5.41, 5.74) is 0.549. The van der Waals surface area contributed by atoms with Crippen LogP contribution in [0.3, 0.4) is 0 Å². The Balaban J connectivity index is 1.79. The molecule has 1 aliphatic carbocycles. The van der Waals surface area contributed by atoms with E-state index in [4.69, 9.17) is 11.6 Å². The third kappa shape index (κ3) is 3.95. The molecule has 17 heavy (non-hydrogen) atoms. The molecule has 4 heteroatoms. The Hall–Kier alpha value is 0.430. The molecule has 0 saturated heterocycles. The first-order chi connectivity index (χ1) is 7.96. The molecular formula is C13H19BrClNS. The van der Waals surface area contributed by atoms with E-state index in [1.807, 2.05) is 0 Å². The van der Waals surface area contributed by atoms with Gasteiger partial charge in [-0.3, -0.25) is 0 Å². The monoisotopic (exact) mass is 335 g/mol. The molecule has 0 aliphatic heterocycles. The van der Waals surface area contributed by atoms with Crippen molar-refractivity contribution in [2.45, 2.75) is 52.1 Å². The van der Waals surface area contributed by atoms with Crippen molar-refractivity contribution in [3.8, 4) is 0 Å². The Morgan fingerprint density at radius 3 is 2.65 bits per heavy atom. The highest BCUT2D eigenvalue weighted by Crippen LogP contribution is 2.36. The lowest BCUT2D eigenvalue weighted by atomic mass is 9.75. The average molecular weight is 337 g/mol. The van der Waals surface area contributed by atoms with Crippen LogP contribution in [0.25, 0.3) is 0 Å². The van der Waals surface area contributed by atoms with Crippen LogP contribution in [-0.4, -0.2) is 6.04 Å². The zero-order chi connectivity index (χ0) is 12.5. The molecule has 0 atom stereocenters. The highest BCUT2D eigenvalue weighted by molar-refractivity contribution is 9.10. The number of rotatable bonds is 3. The second-order valence-electron chi connectivity index (χ2n) is 5.65. The fraction of sp³-hybridized carbons (Fsp3) is 0.692. The number of thiophene rings is 1. The summed E-state index contributed by atoms with van der Waals surface area (Å²) < 4.78 is 1.87. The predicted octanol–water partition coefficient (Wildman–Crippen LogP) is 5.22. The van der Waals surface area contributed by atoms with Crippen molar-refractivity contribution in [2.24, 2.45) is 5.41 Å². The molecule has 2 rings (SSSR count). The SMILES string of the molecule is CC1(C)CCC(NCc2cc(Br)c(Cl)s2)CC1. The zero-order valence-corrected chi connectivity index (χ0v) is 13.5. The topological polar surface area (TPSA) is 12.0 Å². The van der Waals surface area contributed by atoms with Crippen LogP contribution in [0.4, 0.5) is 0 Å². The van der Waals surface area contributed by atoms with Gasteiger partial charge in [-0.25, -0.2) is 0 Å². The van der Waals surface area contributed by atoms with E-state index in [0.717, 1.165) is 15.4 Å². The van der Waals surface area contributed by atoms with Gasteiger partial charge < -0.3 is 5.32 Å².